The molecule has 0 saturated carbocycles. The lowest BCUT2D eigenvalue weighted by Crippen LogP contribution is -2.26. The summed E-state index contributed by atoms with van der Waals surface area (Å²) < 4.78 is 1.72. The van der Waals surface area contributed by atoms with E-state index in [4.69, 9.17) is 5.73 Å². The van der Waals surface area contributed by atoms with Crippen molar-refractivity contribution >= 4 is 0 Å². The maximum Gasteiger partial charge on any atom is 0.109 e. The number of nitrogens with zero attached hydrogens (tertiary/aromatic N) is 2. The van der Waals surface area contributed by atoms with Crippen LogP contribution in [0.25, 0.3) is 0 Å². The van der Waals surface area contributed by atoms with Crippen molar-refractivity contribution in [3.8, 4) is 0 Å². The van der Waals surface area contributed by atoms with E-state index in [1.807, 2.05) is 13.8 Å². The highest BCUT2D eigenvalue weighted by Crippen LogP contribution is 2.16. The molecule has 4 N–H and O–H groups in total. The third kappa shape index (κ3) is 2.31. The van der Waals surface area contributed by atoms with Gasteiger partial charge in [-0.3, -0.25) is 4.68 Å². The van der Waals surface area contributed by atoms with Crippen LogP contribution in [0.2, 0.25) is 0 Å². The normalized spacial score (nSPS) is 15.9. The Balaban J connectivity index is 2.76. The minimum absolute atomic E-state index is 0.0357. The van der Waals surface area contributed by atoms with Crippen LogP contribution in [0.3, 0.4) is 0 Å². The fourth-order valence-corrected chi connectivity index (χ4v) is 1.14. The molecular weight excluding hydrogens is 182 g/mol. The predicted octanol–water partition coefficient (Wildman–Crippen LogP) is -0.183. The zero-order chi connectivity index (χ0) is 10.7. The van der Waals surface area contributed by atoms with Gasteiger partial charge in [-0.2, -0.15) is 5.10 Å². The molecule has 0 aliphatic carbocycles. The van der Waals surface area contributed by atoms with Gasteiger partial charge in [0.25, 0.3) is 0 Å². The van der Waals surface area contributed by atoms with Crippen molar-refractivity contribution in [1.82, 2.24) is 9.78 Å². The number of rotatable bonds is 4. The van der Waals surface area contributed by atoms with Crippen molar-refractivity contribution < 1.29 is 10.2 Å². The van der Waals surface area contributed by atoms with Crippen LogP contribution < -0.4 is 5.73 Å². The molecule has 0 bridgehead atoms. The van der Waals surface area contributed by atoms with Gasteiger partial charge in [-0.05, 0) is 13.8 Å². The van der Waals surface area contributed by atoms with Gasteiger partial charge in [-0.15, -0.1) is 0 Å². The standard InChI is InChI=1S/C9H17N3O2/c1-6(2)12-5-7(4-11-12)9(14)8(13)3-10/h4-6,8-9,13-14H,3,10H2,1-2H3. The second kappa shape index (κ2) is 4.54. The van der Waals surface area contributed by atoms with E-state index in [2.05, 4.69) is 5.10 Å². The molecule has 0 fully saturated rings. The molecule has 5 nitrogen and oxygen atoms in total. The van der Waals surface area contributed by atoms with Crippen LogP contribution in [0.15, 0.2) is 12.4 Å². The van der Waals surface area contributed by atoms with Crippen molar-refractivity contribution in [3.63, 3.8) is 0 Å². The van der Waals surface area contributed by atoms with Crippen molar-refractivity contribution in [3.05, 3.63) is 18.0 Å². The molecule has 5 heteroatoms. The first kappa shape index (κ1) is 11.2. The summed E-state index contributed by atoms with van der Waals surface area (Å²) in [6, 6.07) is 0.242. The van der Waals surface area contributed by atoms with E-state index < -0.39 is 12.2 Å². The maximum absolute atomic E-state index is 9.60. The van der Waals surface area contributed by atoms with Gasteiger partial charge in [0.2, 0.25) is 0 Å². The summed E-state index contributed by atoms with van der Waals surface area (Å²) in [6.45, 7) is 4.01. The van der Waals surface area contributed by atoms with E-state index in [0.29, 0.717) is 5.56 Å². The highest BCUT2D eigenvalue weighted by atomic mass is 16.3. The van der Waals surface area contributed by atoms with E-state index in [-0.39, 0.29) is 12.6 Å². The third-order valence-corrected chi connectivity index (χ3v) is 2.10. The molecule has 2 atom stereocenters. The number of aliphatic hydroxyl groups excluding tert-OH is 2. The van der Waals surface area contributed by atoms with Crippen molar-refractivity contribution in [2.45, 2.75) is 32.1 Å². The number of hydrogen-bond acceptors (Lipinski definition) is 4. The van der Waals surface area contributed by atoms with Gasteiger partial charge in [-0.1, -0.05) is 0 Å². The van der Waals surface area contributed by atoms with Crippen LogP contribution in [-0.4, -0.2) is 32.6 Å². The van der Waals surface area contributed by atoms with Gasteiger partial charge in [0.15, 0.2) is 0 Å². The van der Waals surface area contributed by atoms with Gasteiger partial charge in [0.05, 0.1) is 12.3 Å². The summed E-state index contributed by atoms with van der Waals surface area (Å²) in [6.07, 6.45) is 1.38. The quantitative estimate of drug-likeness (QED) is 0.628. The molecule has 0 aromatic carbocycles. The second-order valence-corrected chi connectivity index (χ2v) is 3.60. The van der Waals surface area contributed by atoms with E-state index in [1.54, 1.807) is 17.1 Å². The Hall–Kier alpha value is -0.910. The highest BCUT2D eigenvalue weighted by molar-refractivity contribution is 5.10. The smallest absolute Gasteiger partial charge is 0.109 e. The van der Waals surface area contributed by atoms with Crippen LogP contribution >= 0.6 is 0 Å². The SMILES string of the molecule is CC(C)n1cc(C(O)C(O)CN)cn1. The van der Waals surface area contributed by atoms with Gasteiger partial charge >= 0.3 is 0 Å². The first-order valence-corrected chi connectivity index (χ1v) is 4.66. The van der Waals surface area contributed by atoms with E-state index in [1.165, 1.54) is 0 Å². The Bertz CT molecular complexity index is 285. The number of aromatic nitrogens is 2. The fraction of sp³-hybridized carbons (Fsp3) is 0.667. The summed E-state index contributed by atoms with van der Waals surface area (Å²) >= 11 is 0. The van der Waals surface area contributed by atoms with Crippen LogP contribution in [0.5, 0.6) is 0 Å². The lowest BCUT2D eigenvalue weighted by molar-refractivity contribution is 0.0243. The van der Waals surface area contributed by atoms with Crippen LogP contribution in [-0.2, 0) is 0 Å². The van der Waals surface area contributed by atoms with Crippen molar-refractivity contribution in [1.29, 1.82) is 0 Å². The molecule has 2 unspecified atom stereocenters. The minimum atomic E-state index is -0.951. The van der Waals surface area contributed by atoms with Gasteiger partial charge in [-0.25, -0.2) is 0 Å². The molecule has 0 amide bonds. The lowest BCUT2D eigenvalue weighted by Gasteiger charge is -2.13. The van der Waals surface area contributed by atoms with E-state index in [9.17, 15) is 10.2 Å². The summed E-state index contributed by atoms with van der Waals surface area (Å²) in [4.78, 5) is 0. The average Bonchev–Trinajstić information content (AvgIpc) is 2.64. The second-order valence-electron chi connectivity index (χ2n) is 3.60. The molecule has 1 rings (SSSR count). The molecule has 0 radical (unpaired) electrons. The maximum atomic E-state index is 9.60. The molecule has 14 heavy (non-hydrogen) atoms. The van der Waals surface area contributed by atoms with Crippen molar-refractivity contribution in [2.24, 2.45) is 5.73 Å². The first-order chi connectivity index (χ1) is 6.56. The Morgan fingerprint density at radius 2 is 2.14 bits per heavy atom. The topological polar surface area (TPSA) is 84.3 Å². The largest absolute Gasteiger partial charge is 0.389 e. The Morgan fingerprint density at radius 1 is 1.50 bits per heavy atom. The molecule has 0 spiro atoms. The monoisotopic (exact) mass is 199 g/mol. The highest BCUT2D eigenvalue weighted by Gasteiger charge is 2.18. The number of aliphatic hydroxyl groups is 2. The van der Waals surface area contributed by atoms with Crippen LogP contribution in [0, 0.1) is 0 Å². The number of hydrogen-bond donors (Lipinski definition) is 3. The summed E-state index contributed by atoms with van der Waals surface area (Å²) in [5, 5.41) is 23.0. The Morgan fingerprint density at radius 3 is 2.57 bits per heavy atom. The molecule has 0 aliphatic rings. The minimum Gasteiger partial charge on any atom is -0.389 e. The van der Waals surface area contributed by atoms with Crippen LogP contribution in [0.4, 0.5) is 0 Å². The van der Waals surface area contributed by atoms with Gasteiger partial charge in [0, 0.05) is 24.3 Å². The lowest BCUT2D eigenvalue weighted by atomic mass is 10.1. The third-order valence-electron chi connectivity index (χ3n) is 2.10. The van der Waals surface area contributed by atoms with Crippen LogP contribution in [0.1, 0.15) is 31.6 Å². The fourth-order valence-electron chi connectivity index (χ4n) is 1.14. The average molecular weight is 199 g/mol. The molecule has 80 valence electrons. The molecule has 1 heterocycles. The van der Waals surface area contributed by atoms with Gasteiger partial charge in [0.1, 0.15) is 6.10 Å². The Labute approximate surface area is 83.2 Å². The summed E-state index contributed by atoms with van der Waals surface area (Å²) in [5.41, 5.74) is 5.83. The Kier molecular flexibility index (Phi) is 3.62. The number of nitrogens with two attached hydrogens (primary N) is 1. The van der Waals surface area contributed by atoms with Crippen molar-refractivity contribution in [2.75, 3.05) is 6.54 Å². The molecule has 1 aromatic rings. The first-order valence-electron chi connectivity index (χ1n) is 4.66. The molecule has 0 aliphatic heterocycles. The van der Waals surface area contributed by atoms with E-state index in [0.717, 1.165) is 0 Å². The zero-order valence-corrected chi connectivity index (χ0v) is 8.46. The predicted molar refractivity (Wildman–Crippen MR) is 52.6 cm³/mol. The van der Waals surface area contributed by atoms with E-state index >= 15 is 0 Å². The summed E-state index contributed by atoms with van der Waals surface area (Å²) in [7, 11) is 0. The van der Waals surface area contributed by atoms with Gasteiger partial charge < -0.3 is 15.9 Å². The molecular formula is C9H17N3O2. The zero-order valence-electron chi connectivity index (χ0n) is 8.46. The summed E-state index contributed by atoms with van der Waals surface area (Å²) in [5.74, 6) is 0. The molecule has 1 aromatic heterocycles. The molecule has 0 saturated heterocycles.